The highest BCUT2D eigenvalue weighted by molar-refractivity contribution is 7.91. The van der Waals surface area contributed by atoms with Gasteiger partial charge in [0.25, 0.3) is 0 Å². The molecule has 4 rings (SSSR count). The highest BCUT2D eigenvalue weighted by atomic mass is 32.2. The fourth-order valence-corrected chi connectivity index (χ4v) is 6.13. The third-order valence-corrected chi connectivity index (χ3v) is 8.66. The van der Waals surface area contributed by atoms with Crippen LogP contribution in [0.15, 0.2) is 63.5 Å². The number of para-hydroxylation sites is 2. The summed E-state index contributed by atoms with van der Waals surface area (Å²) in [5, 5.41) is 3.78. The summed E-state index contributed by atoms with van der Waals surface area (Å²) in [4.78, 5) is 22.7. The normalized spacial score (nSPS) is 11.2. The van der Waals surface area contributed by atoms with E-state index in [2.05, 4.69) is 9.71 Å². The Balaban J connectivity index is 0.000000229. The van der Waals surface area contributed by atoms with Crippen molar-refractivity contribution in [2.75, 3.05) is 14.1 Å². The van der Waals surface area contributed by atoms with Crippen LogP contribution in [0.5, 0.6) is 5.88 Å². The van der Waals surface area contributed by atoms with Crippen LogP contribution in [0.1, 0.15) is 41.5 Å². The van der Waals surface area contributed by atoms with Gasteiger partial charge < -0.3 is 9.64 Å². The number of rotatable bonds is 7. The van der Waals surface area contributed by atoms with Crippen molar-refractivity contribution < 1.29 is 17.9 Å². The van der Waals surface area contributed by atoms with Crippen molar-refractivity contribution in [2.24, 2.45) is 5.92 Å². The van der Waals surface area contributed by atoms with E-state index in [1.54, 1.807) is 61.7 Å². The van der Waals surface area contributed by atoms with Gasteiger partial charge in [0.1, 0.15) is 9.90 Å². The van der Waals surface area contributed by atoms with Crippen molar-refractivity contribution >= 4 is 49.6 Å². The van der Waals surface area contributed by atoms with Gasteiger partial charge in [-0.3, -0.25) is 4.79 Å². The summed E-state index contributed by atoms with van der Waals surface area (Å²) in [7, 11) is 0.285. The van der Waals surface area contributed by atoms with Crippen LogP contribution in [0, 0.1) is 5.92 Å². The van der Waals surface area contributed by atoms with Crippen LogP contribution >= 0.6 is 22.7 Å². The second-order valence-corrected chi connectivity index (χ2v) is 13.4. The number of hydrogen-bond acceptors (Lipinski definition) is 8. The minimum absolute atomic E-state index is 0.0582. The van der Waals surface area contributed by atoms with Crippen molar-refractivity contribution in [1.29, 1.82) is 0 Å². The van der Waals surface area contributed by atoms with E-state index in [1.807, 2.05) is 69.5 Å². The van der Waals surface area contributed by atoms with Gasteiger partial charge in [-0.2, -0.15) is 0 Å². The van der Waals surface area contributed by atoms with E-state index >= 15 is 0 Å². The highest BCUT2D eigenvalue weighted by Gasteiger charge is 2.16. The van der Waals surface area contributed by atoms with Gasteiger partial charge in [-0.1, -0.05) is 38.1 Å². The molecule has 3 aromatic heterocycles. The first-order valence-corrected chi connectivity index (χ1v) is 15.8. The van der Waals surface area contributed by atoms with Crippen LogP contribution < -0.4 is 9.46 Å². The molecule has 0 unspecified atom stereocenters. The summed E-state index contributed by atoms with van der Waals surface area (Å²) in [6, 6.07) is 15.2. The monoisotopic (exact) mass is 590 g/mol. The van der Waals surface area contributed by atoms with E-state index in [4.69, 9.17) is 9.72 Å². The van der Waals surface area contributed by atoms with Crippen molar-refractivity contribution in [3.05, 3.63) is 59.3 Å². The molecule has 0 aliphatic carbocycles. The Morgan fingerprint density at radius 3 is 1.90 bits per heavy atom. The molecule has 0 fully saturated rings. The molecule has 0 saturated heterocycles. The minimum atomic E-state index is -3.25. The van der Waals surface area contributed by atoms with Gasteiger partial charge in [0.15, 0.2) is 0 Å². The zero-order chi connectivity index (χ0) is 29.2. The first-order chi connectivity index (χ1) is 18.3. The molecule has 1 aromatic carbocycles. The van der Waals surface area contributed by atoms with Crippen molar-refractivity contribution in [3.8, 4) is 16.5 Å². The van der Waals surface area contributed by atoms with Crippen LogP contribution in [0.4, 0.5) is 0 Å². The summed E-state index contributed by atoms with van der Waals surface area (Å²) in [5.74, 6) is 0.922. The lowest BCUT2D eigenvalue weighted by molar-refractivity contribution is -0.131. The van der Waals surface area contributed by atoms with Crippen LogP contribution in [0.3, 0.4) is 0 Å². The molecule has 0 atom stereocenters. The lowest BCUT2D eigenvalue weighted by Gasteiger charge is -2.12. The highest BCUT2D eigenvalue weighted by Crippen LogP contribution is 2.32. The number of hydrogen-bond donors (Lipinski definition) is 1. The zero-order valence-corrected chi connectivity index (χ0v) is 26.2. The van der Waals surface area contributed by atoms with E-state index in [1.165, 1.54) is 11.3 Å². The number of nitrogens with zero attached hydrogens (tertiary/aromatic N) is 3. The molecule has 0 bridgehead atoms. The number of sulfonamides is 1. The molecule has 0 spiro atoms. The maximum absolute atomic E-state index is 11.4. The molecular formula is C28H38N4O4S3. The van der Waals surface area contributed by atoms with Crippen molar-refractivity contribution in [2.45, 2.75) is 57.9 Å². The predicted octanol–water partition coefficient (Wildman–Crippen LogP) is 6.31. The minimum Gasteiger partial charge on any atom is -0.473 e. The summed E-state index contributed by atoms with van der Waals surface area (Å²) in [5.41, 5.74) is 2.57. The average Bonchev–Trinajstić information content (AvgIpc) is 3.58. The number of fused-ring (bicyclic) bond motifs is 1. The van der Waals surface area contributed by atoms with Gasteiger partial charge in [-0.25, -0.2) is 23.1 Å². The van der Waals surface area contributed by atoms with Gasteiger partial charge >= 0.3 is 0 Å². The molecule has 0 radical (unpaired) electrons. The molecule has 0 saturated carbocycles. The second-order valence-electron chi connectivity index (χ2n) is 9.61. The van der Waals surface area contributed by atoms with Crippen molar-refractivity contribution in [3.63, 3.8) is 0 Å². The predicted molar refractivity (Wildman–Crippen MR) is 162 cm³/mol. The third-order valence-electron chi connectivity index (χ3n) is 4.73. The maximum Gasteiger partial charge on any atom is 0.250 e. The van der Waals surface area contributed by atoms with Crippen LogP contribution in [-0.2, 0) is 14.8 Å². The number of benzene rings is 1. The number of aromatic nitrogens is 2. The van der Waals surface area contributed by atoms with Crippen LogP contribution in [0.2, 0.25) is 0 Å². The molecule has 11 heteroatoms. The topological polar surface area (TPSA) is 101 Å². The lowest BCUT2D eigenvalue weighted by Crippen LogP contribution is -2.29. The Labute approximate surface area is 240 Å². The lowest BCUT2D eigenvalue weighted by atomic mass is 10.2. The van der Waals surface area contributed by atoms with Gasteiger partial charge in [0.2, 0.25) is 21.8 Å². The summed E-state index contributed by atoms with van der Waals surface area (Å²) in [6.45, 7) is 11.4. The molecule has 39 heavy (non-hydrogen) atoms. The largest absolute Gasteiger partial charge is 0.473 e. The molecule has 212 valence electrons. The van der Waals surface area contributed by atoms with Gasteiger partial charge in [-0.15, -0.1) is 22.7 Å². The van der Waals surface area contributed by atoms with Crippen LogP contribution in [-0.4, -0.2) is 55.4 Å². The fraction of sp³-hybridized carbons (Fsp3) is 0.393. The Morgan fingerprint density at radius 2 is 1.46 bits per heavy atom. The molecule has 0 aliphatic heterocycles. The van der Waals surface area contributed by atoms with Crippen LogP contribution in [0.25, 0.3) is 21.6 Å². The Hall–Kier alpha value is -2.86. The maximum atomic E-state index is 11.4. The number of thiophene rings is 2. The third kappa shape index (κ3) is 10.3. The quantitative estimate of drug-likeness (QED) is 0.271. The standard InChI is InChI=1S/C15H14N2OS.C7H11NO2S2.C6H13NO/c1-10(2)18-15-14(13-8-5-9-19-13)16-11-6-3-4-7-12(11)17-15;1-6(2)8-12(9,10)7-4-3-5-11-7;1-5(2)6(8)7(3)4/h3-10H,1-2H3;3-6,8H,1-2H3;5H,1-4H3. The number of amides is 1. The Kier molecular flexibility index (Phi) is 12.5. The van der Waals surface area contributed by atoms with Gasteiger partial charge in [0, 0.05) is 26.1 Å². The smallest absolute Gasteiger partial charge is 0.250 e. The number of carbonyl (C=O) groups is 1. The zero-order valence-electron chi connectivity index (χ0n) is 23.7. The Bertz CT molecular complexity index is 1390. The summed E-state index contributed by atoms with van der Waals surface area (Å²) < 4.78 is 31.5. The molecular weight excluding hydrogens is 553 g/mol. The molecule has 1 N–H and O–H groups in total. The second kappa shape index (κ2) is 15.1. The van der Waals surface area contributed by atoms with Gasteiger partial charge in [0.05, 0.1) is 22.0 Å². The van der Waals surface area contributed by atoms with Gasteiger partial charge in [-0.05, 0) is 62.7 Å². The number of ether oxygens (including phenoxy) is 1. The van der Waals surface area contributed by atoms with E-state index in [0.29, 0.717) is 10.1 Å². The van der Waals surface area contributed by atoms with E-state index < -0.39 is 10.0 Å². The van der Waals surface area contributed by atoms with Crippen molar-refractivity contribution in [1.82, 2.24) is 19.6 Å². The Morgan fingerprint density at radius 1 is 0.872 bits per heavy atom. The summed E-state index contributed by atoms with van der Waals surface area (Å²) >= 11 is 2.86. The molecule has 0 aliphatic rings. The van der Waals surface area contributed by atoms with E-state index in [9.17, 15) is 13.2 Å². The summed E-state index contributed by atoms with van der Waals surface area (Å²) in [6.07, 6.45) is 0.0779. The SMILES string of the molecule is CC(C)C(=O)N(C)C.CC(C)NS(=O)(=O)c1cccs1.CC(C)Oc1nc2ccccc2nc1-c1cccs1. The van der Waals surface area contributed by atoms with E-state index in [0.717, 1.165) is 21.6 Å². The first-order valence-electron chi connectivity index (χ1n) is 12.6. The fourth-order valence-electron chi connectivity index (χ4n) is 3.16. The molecule has 3 heterocycles. The number of carbonyl (C=O) groups excluding carboxylic acids is 1. The number of nitrogens with one attached hydrogen (secondary N) is 1. The molecule has 4 aromatic rings. The molecule has 1 amide bonds. The average molecular weight is 591 g/mol. The molecule has 8 nitrogen and oxygen atoms in total. The van der Waals surface area contributed by atoms with E-state index in [-0.39, 0.29) is 24.0 Å². The first kappa shape index (κ1) is 32.4.